The summed E-state index contributed by atoms with van der Waals surface area (Å²) in [5.41, 5.74) is 1.03. The number of ether oxygens (including phenoxy) is 1. The predicted octanol–water partition coefficient (Wildman–Crippen LogP) is 1.48. The minimum atomic E-state index is 0. The molecule has 0 radical (unpaired) electrons. The van der Waals surface area contributed by atoms with Gasteiger partial charge < -0.3 is 15.0 Å². The second kappa shape index (κ2) is 7.36. The van der Waals surface area contributed by atoms with Crippen LogP contribution in [0.5, 0.6) is 5.75 Å². The zero-order valence-corrected chi connectivity index (χ0v) is 12.2. The van der Waals surface area contributed by atoms with Gasteiger partial charge in [0, 0.05) is 25.7 Å². The summed E-state index contributed by atoms with van der Waals surface area (Å²) < 4.78 is 5.10. The zero-order valence-electron chi connectivity index (χ0n) is 11.4. The van der Waals surface area contributed by atoms with E-state index in [1.165, 1.54) is 0 Å². The van der Waals surface area contributed by atoms with Crippen molar-refractivity contribution in [2.45, 2.75) is 19.4 Å². The van der Waals surface area contributed by atoms with Gasteiger partial charge in [0.05, 0.1) is 13.5 Å². The molecular formula is C14H21ClN2O2. The molecule has 1 amide bonds. The molecule has 0 saturated carbocycles. The third-order valence-corrected chi connectivity index (χ3v) is 3.24. The van der Waals surface area contributed by atoms with Gasteiger partial charge in [-0.1, -0.05) is 12.1 Å². The van der Waals surface area contributed by atoms with Crippen LogP contribution in [0.15, 0.2) is 24.3 Å². The van der Waals surface area contributed by atoms with E-state index in [2.05, 4.69) is 12.2 Å². The van der Waals surface area contributed by atoms with Crippen LogP contribution in [0.2, 0.25) is 0 Å². The second-order valence-corrected chi connectivity index (χ2v) is 4.72. The Balaban J connectivity index is 0.00000180. The van der Waals surface area contributed by atoms with Crippen LogP contribution < -0.4 is 10.1 Å². The number of hydrogen-bond donors (Lipinski definition) is 1. The van der Waals surface area contributed by atoms with E-state index < -0.39 is 0 Å². The van der Waals surface area contributed by atoms with Gasteiger partial charge in [-0.15, -0.1) is 12.4 Å². The Hall–Kier alpha value is -1.26. The Morgan fingerprint density at radius 1 is 1.42 bits per heavy atom. The van der Waals surface area contributed by atoms with Crippen LogP contribution >= 0.6 is 12.4 Å². The van der Waals surface area contributed by atoms with Crippen LogP contribution in [0.25, 0.3) is 0 Å². The van der Waals surface area contributed by atoms with Gasteiger partial charge in [0.15, 0.2) is 0 Å². The molecule has 1 fully saturated rings. The van der Waals surface area contributed by atoms with Crippen LogP contribution in [-0.4, -0.2) is 43.6 Å². The number of hydrogen-bond acceptors (Lipinski definition) is 3. The topological polar surface area (TPSA) is 41.6 Å². The van der Waals surface area contributed by atoms with Crippen molar-refractivity contribution in [1.82, 2.24) is 10.2 Å². The fourth-order valence-electron chi connectivity index (χ4n) is 2.19. The first-order chi connectivity index (χ1) is 8.69. The van der Waals surface area contributed by atoms with Gasteiger partial charge >= 0.3 is 0 Å². The molecule has 0 aromatic heterocycles. The molecule has 1 atom stereocenters. The summed E-state index contributed by atoms with van der Waals surface area (Å²) in [6, 6.07) is 8.06. The standard InChI is InChI=1S/C14H20N2O2.ClH/c1-11-10-16(8-7-15-11)14(17)9-12-3-5-13(18-2)6-4-12;/h3-6,11,15H,7-10H2,1-2H3;1H. The fourth-order valence-corrected chi connectivity index (χ4v) is 2.19. The van der Waals surface area contributed by atoms with Gasteiger partial charge in [0.2, 0.25) is 5.91 Å². The van der Waals surface area contributed by atoms with Crippen molar-refractivity contribution in [2.24, 2.45) is 0 Å². The highest BCUT2D eigenvalue weighted by atomic mass is 35.5. The van der Waals surface area contributed by atoms with E-state index in [9.17, 15) is 4.79 Å². The largest absolute Gasteiger partial charge is 0.497 e. The summed E-state index contributed by atoms with van der Waals surface area (Å²) in [5, 5.41) is 3.34. The molecule has 1 heterocycles. The predicted molar refractivity (Wildman–Crippen MR) is 78.0 cm³/mol. The molecular weight excluding hydrogens is 264 g/mol. The fraction of sp³-hybridized carbons (Fsp3) is 0.500. The summed E-state index contributed by atoms with van der Waals surface area (Å²) in [5.74, 6) is 1.02. The summed E-state index contributed by atoms with van der Waals surface area (Å²) in [7, 11) is 1.64. The first-order valence-corrected chi connectivity index (χ1v) is 6.33. The minimum Gasteiger partial charge on any atom is -0.497 e. The van der Waals surface area contributed by atoms with E-state index in [1.54, 1.807) is 7.11 Å². The molecule has 1 unspecified atom stereocenters. The van der Waals surface area contributed by atoms with Crippen LogP contribution in [0.3, 0.4) is 0 Å². The van der Waals surface area contributed by atoms with Crippen molar-refractivity contribution < 1.29 is 9.53 Å². The molecule has 0 aliphatic carbocycles. The number of nitrogens with zero attached hydrogens (tertiary/aromatic N) is 1. The van der Waals surface area contributed by atoms with Crippen LogP contribution in [0, 0.1) is 0 Å². The number of carbonyl (C=O) groups excluding carboxylic acids is 1. The summed E-state index contributed by atoms with van der Waals surface area (Å²) in [6.45, 7) is 4.59. The number of nitrogens with one attached hydrogen (secondary N) is 1. The molecule has 0 bridgehead atoms. The van der Waals surface area contributed by atoms with Gasteiger partial charge in [0.1, 0.15) is 5.75 Å². The lowest BCUT2D eigenvalue weighted by Gasteiger charge is -2.32. The maximum atomic E-state index is 12.1. The zero-order chi connectivity index (χ0) is 13.0. The van der Waals surface area contributed by atoms with E-state index in [-0.39, 0.29) is 18.3 Å². The van der Waals surface area contributed by atoms with Gasteiger partial charge in [-0.05, 0) is 24.6 Å². The number of amides is 1. The van der Waals surface area contributed by atoms with Crippen molar-refractivity contribution >= 4 is 18.3 Å². The van der Waals surface area contributed by atoms with Gasteiger partial charge in [0.25, 0.3) is 0 Å². The molecule has 1 aromatic carbocycles. The number of benzene rings is 1. The number of methoxy groups -OCH3 is 1. The quantitative estimate of drug-likeness (QED) is 0.914. The van der Waals surface area contributed by atoms with Crippen LogP contribution in [0.4, 0.5) is 0 Å². The van der Waals surface area contributed by atoms with E-state index in [0.717, 1.165) is 30.9 Å². The van der Waals surface area contributed by atoms with Crippen molar-refractivity contribution in [3.8, 4) is 5.75 Å². The van der Waals surface area contributed by atoms with Gasteiger partial charge in [-0.25, -0.2) is 0 Å². The molecule has 4 nitrogen and oxygen atoms in total. The van der Waals surface area contributed by atoms with E-state index in [1.807, 2.05) is 29.2 Å². The first kappa shape index (κ1) is 15.8. The third-order valence-electron chi connectivity index (χ3n) is 3.24. The molecule has 2 rings (SSSR count). The highest BCUT2D eigenvalue weighted by Gasteiger charge is 2.20. The molecule has 5 heteroatoms. The average Bonchev–Trinajstić information content (AvgIpc) is 2.39. The Morgan fingerprint density at radius 2 is 2.11 bits per heavy atom. The van der Waals surface area contributed by atoms with E-state index >= 15 is 0 Å². The maximum Gasteiger partial charge on any atom is 0.227 e. The third kappa shape index (κ3) is 4.40. The van der Waals surface area contributed by atoms with Crippen molar-refractivity contribution in [3.05, 3.63) is 29.8 Å². The van der Waals surface area contributed by atoms with Crippen LogP contribution in [0.1, 0.15) is 12.5 Å². The summed E-state index contributed by atoms with van der Waals surface area (Å²) >= 11 is 0. The number of halogens is 1. The smallest absolute Gasteiger partial charge is 0.227 e. The minimum absolute atomic E-state index is 0. The highest BCUT2D eigenvalue weighted by molar-refractivity contribution is 5.85. The first-order valence-electron chi connectivity index (χ1n) is 6.33. The lowest BCUT2D eigenvalue weighted by Crippen LogP contribution is -2.51. The van der Waals surface area contributed by atoms with Crippen molar-refractivity contribution in [1.29, 1.82) is 0 Å². The molecule has 106 valence electrons. The second-order valence-electron chi connectivity index (χ2n) is 4.72. The normalized spacial score (nSPS) is 18.6. The molecule has 0 spiro atoms. The van der Waals surface area contributed by atoms with Crippen molar-refractivity contribution in [3.63, 3.8) is 0 Å². The maximum absolute atomic E-state index is 12.1. The Kier molecular flexibility index (Phi) is 6.12. The summed E-state index contributed by atoms with van der Waals surface area (Å²) in [4.78, 5) is 14.1. The van der Waals surface area contributed by atoms with E-state index in [4.69, 9.17) is 4.74 Å². The van der Waals surface area contributed by atoms with Gasteiger partial charge in [-0.3, -0.25) is 4.79 Å². The molecule has 1 aromatic rings. The lowest BCUT2D eigenvalue weighted by molar-refractivity contribution is -0.131. The molecule has 1 aliphatic heterocycles. The number of carbonyl (C=O) groups is 1. The monoisotopic (exact) mass is 284 g/mol. The highest BCUT2D eigenvalue weighted by Crippen LogP contribution is 2.12. The number of rotatable bonds is 3. The number of piperazine rings is 1. The SMILES string of the molecule is COc1ccc(CC(=O)N2CCNC(C)C2)cc1.Cl. The Bertz CT molecular complexity index is 408. The van der Waals surface area contributed by atoms with Crippen molar-refractivity contribution in [2.75, 3.05) is 26.7 Å². The average molecular weight is 285 g/mol. The van der Waals surface area contributed by atoms with Crippen LogP contribution in [-0.2, 0) is 11.2 Å². The van der Waals surface area contributed by atoms with Gasteiger partial charge in [-0.2, -0.15) is 0 Å². The Morgan fingerprint density at radius 3 is 2.68 bits per heavy atom. The molecule has 19 heavy (non-hydrogen) atoms. The van der Waals surface area contributed by atoms with E-state index in [0.29, 0.717) is 12.5 Å². The molecule has 1 saturated heterocycles. The molecule has 1 N–H and O–H groups in total. The lowest BCUT2D eigenvalue weighted by atomic mass is 10.1. The Labute approximate surface area is 120 Å². The molecule has 1 aliphatic rings. The summed E-state index contributed by atoms with van der Waals surface area (Å²) in [6.07, 6.45) is 0.469.